The zero-order valence-electron chi connectivity index (χ0n) is 20.7. The predicted molar refractivity (Wildman–Crippen MR) is 140 cm³/mol. The first-order chi connectivity index (χ1) is 17.1. The first-order valence-electron chi connectivity index (χ1n) is 11.0. The van der Waals surface area contributed by atoms with Crippen molar-refractivity contribution in [2.45, 2.75) is 24.8 Å². The molecule has 1 atom stereocenters. The van der Waals surface area contributed by atoms with E-state index in [1.165, 1.54) is 45.6 Å². The predicted octanol–water partition coefficient (Wildman–Crippen LogP) is 4.75. The standard InChI is InChI=1S/C26H29ClN2O6S/c1-17-6-8-19(9-7-17)18(2)28-26(30)16-29(22-14-20(27)10-12-23(22)33-3)36(31,32)21-11-13-24(34-4)25(15-21)35-5/h6-15,18H,16H2,1-5H3,(H,28,30)/t18-/m0/s1. The van der Waals surface area contributed by atoms with Crippen molar-refractivity contribution in [2.75, 3.05) is 32.2 Å². The van der Waals surface area contributed by atoms with Crippen LogP contribution in [-0.4, -0.2) is 42.2 Å². The molecule has 10 heteroatoms. The molecule has 8 nitrogen and oxygen atoms in total. The minimum absolute atomic E-state index is 0.0958. The molecule has 0 spiro atoms. The van der Waals surface area contributed by atoms with E-state index in [2.05, 4.69) is 5.32 Å². The van der Waals surface area contributed by atoms with Crippen LogP contribution in [-0.2, 0) is 14.8 Å². The van der Waals surface area contributed by atoms with Crippen molar-refractivity contribution in [1.82, 2.24) is 5.32 Å². The molecule has 0 bridgehead atoms. The lowest BCUT2D eigenvalue weighted by molar-refractivity contribution is -0.120. The fourth-order valence-electron chi connectivity index (χ4n) is 3.62. The summed E-state index contributed by atoms with van der Waals surface area (Å²) in [5.41, 5.74) is 2.11. The SMILES string of the molecule is COc1ccc(S(=O)(=O)N(CC(=O)N[C@@H](C)c2ccc(C)cc2)c2cc(Cl)ccc2OC)cc1OC. The highest BCUT2D eigenvalue weighted by Crippen LogP contribution is 2.37. The second-order valence-corrected chi connectivity index (χ2v) is 10.3. The molecule has 1 amide bonds. The van der Waals surface area contributed by atoms with Gasteiger partial charge in [-0.3, -0.25) is 9.10 Å². The second kappa shape index (κ2) is 11.5. The van der Waals surface area contributed by atoms with E-state index < -0.39 is 22.5 Å². The van der Waals surface area contributed by atoms with Crippen molar-refractivity contribution in [3.05, 3.63) is 76.8 Å². The Morgan fingerprint density at radius 3 is 2.14 bits per heavy atom. The molecule has 36 heavy (non-hydrogen) atoms. The molecule has 0 aliphatic carbocycles. The Kier molecular flexibility index (Phi) is 8.70. The maximum Gasteiger partial charge on any atom is 0.265 e. The van der Waals surface area contributed by atoms with Crippen LogP contribution in [0.1, 0.15) is 24.1 Å². The summed E-state index contributed by atoms with van der Waals surface area (Å²) in [6.45, 7) is 3.29. The van der Waals surface area contributed by atoms with Gasteiger partial charge in [0.25, 0.3) is 10.0 Å². The summed E-state index contributed by atoms with van der Waals surface area (Å²) in [6, 6.07) is 16.1. The summed E-state index contributed by atoms with van der Waals surface area (Å²) < 4.78 is 44.6. The molecule has 0 heterocycles. The van der Waals surface area contributed by atoms with Gasteiger partial charge in [-0.05, 0) is 49.7 Å². The number of ether oxygens (including phenoxy) is 3. The number of nitrogens with one attached hydrogen (secondary N) is 1. The molecule has 0 aliphatic rings. The molecule has 0 unspecified atom stereocenters. The normalized spacial score (nSPS) is 11.9. The van der Waals surface area contributed by atoms with Crippen molar-refractivity contribution in [2.24, 2.45) is 0 Å². The van der Waals surface area contributed by atoms with Crippen LogP contribution in [0.3, 0.4) is 0 Å². The van der Waals surface area contributed by atoms with E-state index in [1.54, 1.807) is 12.1 Å². The number of amides is 1. The average Bonchev–Trinajstić information content (AvgIpc) is 2.87. The summed E-state index contributed by atoms with van der Waals surface area (Å²) >= 11 is 6.20. The number of benzene rings is 3. The third-order valence-corrected chi connectivity index (χ3v) is 7.59. The fourth-order valence-corrected chi connectivity index (χ4v) is 5.22. The Bertz CT molecular complexity index is 1330. The molecular weight excluding hydrogens is 504 g/mol. The first-order valence-corrected chi connectivity index (χ1v) is 12.9. The Morgan fingerprint density at radius 2 is 1.53 bits per heavy atom. The van der Waals surface area contributed by atoms with E-state index in [0.717, 1.165) is 15.4 Å². The molecule has 0 saturated carbocycles. The van der Waals surface area contributed by atoms with Gasteiger partial charge in [-0.2, -0.15) is 0 Å². The lowest BCUT2D eigenvalue weighted by atomic mass is 10.1. The van der Waals surface area contributed by atoms with Crippen molar-refractivity contribution >= 4 is 33.2 Å². The monoisotopic (exact) mass is 532 g/mol. The molecule has 0 radical (unpaired) electrons. The third-order valence-electron chi connectivity index (χ3n) is 5.59. The van der Waals surface area contributed by atoms with E-state index in [9.17, 15) is 13.2 Å². The quantitative estimate of drug-likeness (QED) is 0.405. The lowest BCUT2D eigenvalue weighted by Gasteiger charge is -2.27. The van der Waals surface area contributed by atoms with Crippen LogP contribution in [0.15, 0.2) is 65.6 Å². The van der Waals surface area contributed by atoms with E-state index >= 15 is 0 Å². The van der Waals surface area contributed by atoms with Crippen LogP contribution < -0.4 is 23.8 Å². The molecule has 0 fully saturated rings. The van der Waals surface area contributed by atoms with Gasteiger partial charge in [0.2, 0.25) is 5.91 Å². The van der Waals surface area contributed by atoms with Gasteiger partial charge < -0.3 is 19.5 Å². The number of rotatable bonds is 10. The largest absolute Gasteiger partial charge is 0.495 e. The van der Waals surface area contributed by atoms with Gasteiger partial charge in [-0.15, -0.1) is 0 Å². The molecule has 192 valence electrons. The Labute approximate surface area is 216 Å². The maximum absolute atomic E-state index is 13.9. The summed E-state index contributed by atoms with van der Waals surface area (Å²) in [6.07, 6.45) is 0. The number of anilines is 1. The smallest absolute Gasteiger partial charge is 0.265 e. The molecule has 0 aliphatic heterocycles. The number of carbonyl (C=O) groups excluding carboxylic acids is 1. The molecule has 3 aromatic carbocycles. The molecule has 3 aromatic rings. The number of carbonyl (C=O) groups is 1. The summed E-state index contributed by atoms with van der Waals surface area (Å²) in [7, 11) is 0.00809. The van der Waals surface area contributed by atoms with Gasteiger partial charge in [-0.25, -0.2) is 8.42 Å². The van der Waals surface area contributed by atoms with E-state index in [1.807, 2.05) is 38.1 Å². The van der Waals surface area contributed by atoms with Gasteiger partial charge in [0.15, 0.2) is 11.5 Å². The lowest BCUT2D eigenvalue weighted by Crippen LogP contribution is -2.41. The molecule has 1 N–H and O–H groups in total. The van der Waals surface area contributed by atoms with Gasteiger partial charge in [-0.1, -0.05) is 41.4 Å². The highest BCUT2D eigenvalue weighted by molar-refractivity contribution is 7.92. The Balaban J connectivity index is 2.02. The van der Waals surface area contributed by atoms with Crippen molar-refractivity contribution in [3.63, 3.8) is 0 Å². The zero-order valence-corrected chi connectivity index (χ0v) is 22.3. The number of halogens is 1. The fraction of sp³-hybridized carbons (Fsp3) is 0.269. The number of sulfonamides is 1. The Hall–Kier alpha value is -3.43. The van der Waals surface area contributed by atoms with Gasteiger partial charge >= 0.3 is 0 Å². The maximum atomic E-state index is 13.9. The summed E-state index contributed by atoms with van der Waals surface area (Å²) in [4.78, 5) is 13.0. The molecule has 3 rings (SSSR count). The van der Waals surface area contributed by atoms with Gasteiger partial charge in [0.05, 0.1) is 38.0 Å². The summed E-state index contributed by atoms with van der Waals surface area (Å²) in [5.74, 6) is 0.332. The van der Waals surface area contributed by atoms with E-state index in [0.29, 0.717) is 5.75 Å². The highest BCUT2D eigenvalue weighted by Gasteiger charge is 2.31. The number of hydrogen-bond acceptors (Lipinski definition) is 6. The van der Waals surface area contributed by atoms with Crippen molar-refractivity contribution in [3.8, 4) is 17.2 Å². The third kappa shape index (κ3) is 6.03. The first kappa shape index (κ1) is 27.2. The van der Waals surface area contributed by atoms with Crippen LogP contribution in [0.4, 0.5) is 5.69 Å². The zero-order chi connectivity index (χ0) is 26.5. The highest BCUT2D eigenvalue weighted by atomic mass is 35.5. The van der Waals surface area contributed by atoms with Crippen molar-refractivity contribution < 1.29 is 27.4 Å². The number of nitrogens with zero attached hydrogens (tertiary/aromatic N) is 1. The van der Waals surface area contributed by atoms with Crippen LogP contribution in [0.5, 0.6) is 17.2 Å². The molecule has 0 aromatic heterocycles. The van der Waals surface area contributed by atoms with E-state index in [4.69, 9.17) is 25.8 Å². The van der Waals surface area contributed by atoms with E-state index in [-0.39, 0.29) is 33.1 Å². The van der Waals surface area contributed by atoms with Crippen LogP contribution >= 0.6 is 11.6 Å². The number of methoxy groups -OCH3 is 3. The average molecular weight is 533 g/mol. The van der Waals surface area contributed by atoms with Crippen molar-refractivity contribution in [1.29, 1.82) is 0 Å². The minimum Gasteiger partial charge on any atom is -0.495 e. The van der Waals surface area contributed by atoms with Crippen LogP contribution in [0.2, 0.25) is 5.02 Å². The second-order valence-electron chi connectivity index (χ2n) is 8.04. The number of hydrogen-bond donors (Lipinski definition) is 1. The summed E-state index contributed by atoms with van der Waals surface area (Å²) in [5, 5.41) is 3.15. The van der Waals surface area contributed by atoms with Crippen LogP contribution in [0.25, 0.3) is 0 Å². The van der Waals surface area contributed by atoms with Gasteiger partial charge in [0.1, 0.15) is 12.3 Å². The minimum atomic E-state index is -4.26. The topological polar surface area (TPSA) is 94.2 Å². The van der Waals surface area contributed by atoms with Crippen LogP contribution in [0, 0.1) is 6.92 Å². The molecule has 0 saturated heterocycles. The van der Waals surface area contributed by atoms with Gasteiger partial charge in [0, 0.05) is 11.1 Å². The number of aryl methyl sites for hydroxylation is 1. The molecular formula is C26H29ClN2O6S. The Morgan fingerprint density at radius 1 is 0.917 bits per heavy atom.